The van der Waals surface area contributed by atoms with Gasteiger partial charge in [-0.2, -0.15) is 0 Å². The normalized spacial score (nSPS) is 17.4. The van der Waals surface area contributed by atoms with Crippen LogP contribution in [-0.2, 0) is 15.9 Å². The predicted molar refractivity (Wildman–Crippen MR) is 113 cm³/mol. The van der Waals surface area contributed by atoms with Gasteiger partial charge >= 0.3 is 7.12 Å². The molecular formula is C21H28BN3O3. The van der Waals surface area contributed by atoms with Gasteiger partial charge in [0.1, 0.15) is 11.6 Å². The lowest BCUT2D eigenvalue weighted by atomic mass is 9.79. The molecule has 148 valence electrons. The molecule has 0 amide bonds. The Morgan fingerprint density at radius 1 is 1.14 bits per heavy atom. The van der Waals surface area contributed by atoms with Gasteiger partial charge in [-0.1, -0.05) is 12.1 Å². The third kappa shape index (κ3) is 4.05. The van der Waals surface area contributed by atoms with Crippen LogP contribution in [0.4, 0.5) is 5.82 Å². The van der Waals surface area contributed by atoms with E-state index in [1.807, 2.05) is 58.0 Å². The fraction of sp³-hybridized carbons (Fsp3) is 0.429. The summed E-state index contributed by atoms with van der Waals surface area (Å²) in [6.07, 6.45) is 1.75. The zero-order valence-electron chi connectivity index (χ0n) is 17.4. The molecule has 6 nitrogen and oxygen atoms in total. The van der Waals surface area contributed by atoms with Crippen LogP contribution in [-0.4, -0.2) is 36.1 Å². The Morgan fingerprint density at radius 3 is 2.29 bits per heavy atom. The van der Waals surface area contributed by atoms with Crippen molar-refractivity contribution >= 4 is 24.1 Å². The lowest BCUT2D eigenvalue weighted by Gasteiger charge is -2.32. The summed E-state index contributed by atoms with van der Waals surface area (Å²) in [5, 5.41) is 11.5. The molecule has 1 aliphatic rings. The largest absolute Gasteiger partial charge is 0.497 e. The Labute approximate surface area is 167 Å². The Kier molecular flexibility index (Phi) is 5.50. The zero-order valence-corrected chi connectivity index (χ0v) is 17.4. The average Bonchev–Trinajstić information content (AvgIpc) is 2.87. The third-order valence-corrected chi connectivity index (χ3v) is 5.46. The molecule has 7 heteroatoms. The highest BCUT2D eigenvalue weighted by Gasteiger charge is 2.51. The van der Waals surface area contributed by atoms with Crippen molar-refractivity contribution in [2.24, 2.45) is 0 Å². The molecule has 28 heavy (non-hydrogen) atoms. The van der Waals surface area contributed by atoms with E-state index in [1.165, 1.54) is 0 Å². The van der Waals surface area contributed by atoms with Crippen molar-refractivity contribution in [1.82, 2.24) is 4.98 Å². The fourth-order valence-corrected chi connectivity index (χ4v) is 2.94. The maximum atomic E-state index is 8.16. The first kappa shape index (κ1) is 20.4. The van der Waals surface area contributed by atoms with E-state index in [-0.39, 0.29) is 0 Å². The standard InChI is InChI=1S/C21H28BN3O3/c1-14(23)18-11-16(22-27-20(2,3)21(4,5)28-22)13-25-19(18)24-12-15-7-9-17(26-6)10-8-15/h7-11,13,23H,12H2,1-6H3,(H,24,25). The van der Waals surface area contributed by atoms with Crippen LogP contribution < -0.4 is 15.5 Å². The number of nitrogens with one attached hydrogen (secondary N) is 2. The highest BCUT2D eigenvalue weighted by molar-refractivity contribution is 6.62. The van der Waals surface area contributed by atoms with Crippen LogP contribution in [0.2, 0.25) is 0 Å². The number of methoxy groups -OCH3 is 1. The number of hydrogen-bond donors (Lipinski definition) is 2. The van der Waals surface area contributed by atoms with E-state index in [0.29, 0.717) is 18.1 Å². The molecule has 0 atom stereocenters. The van der Waals surface area contributed by atoms with Gasteiger partial charge in [0, 0.05) is 29.5 Å². The van der Waals surface area contributed by atoms with E-state index in [0.717, 1.165) is 22.3 Å². The minimum absolute atomic E-state index is 0.414. The number of anilines is 1. The summed E-state index contributed by atoms with van der Waals surface area (Å²) in [5.41, 5.74) is 2.26. The average molecular weight is 381 g/mol. The molecule has 1 aromatic carbocycles. The van der Waals surface area contributed by atoms with Gasteiger partial charge < -0.3 is 24.8 Å². The van der Waals surface area contributed by atoms with Gasteiger partial charge in [0.2, 0.25) is 0 Å². The van der Waals surface area contributed by atoms with Crippen LogP contribution in [0.5, 0.6) is 5.75 Å². The summed E-state index contributed by atoms with van der Waals surface area (Å²) < 4.78 is 17.4. The maximum Gasteiger partial charge on any atom is 0.496 e. The number of pyridine rings is 1. The fourth-order valence-electron chi connectivity index (χ4n) is 2.94. The van der Waals surface area contributed by atoms with Crippen molar-refractivity contribution in [3.63, 3.8) is 0 Å². The van der Waals surface area contributed by atoms with Gasteiger partial charge in [-0.15, -0.1) is 0 Å². The molecule has 1 aromatic heterocycles. The second-order valence-electron chi connectivity index (χ2n) is 8.08. The van der Waals surface area contributed by atoms with Crippen molar-refractivity contribution in [1.29, 1.82) is 5.41 Å². The van der Waals surface area contributed by atoms with E-state index in [4.69, 9.17) is 19.5 Å². The van der Waals surface area contributed by atoms with Crippen molar-refractivity contribution in [3.8, 4) is 5.75 Å². The molecule has 1 fully saturated rings. The number of hydrogen-bond acceptors (Lipinski definition) is 6. The lowest BCUT2D eigenvalue weighted by molar-refractivity contribution is 0.00578. The van der Waals surface area contributed by atoms with Crippen LogP contribution >= 0.6 is 0 Å². The van der Waals surface area contributed by atoms with Gasteiger partial charge in [-0.25, -0.2) is 4.98 Å². The highest BCUT2D eigenvalue weighted by Crippen LogP contribution is 2.36. The van der Waals surface area contributed by atoms with Crippen LogP contribution in [0.3, 0.4) is 0 Å². The number of ether oxygens (including phenoxy) is 1. The van der Waals surface area contributed by atoms with Crippen molar-refractivity contribution in [2.45, 2.75) is 52.4 Å². The molecule has 1 saturated heterocycles. The minimum atomic E-state index is -0.494. The number of aromatic nitrogens is 1. The van der Waals surface area contributed by atoms with Gasteiger partial charge in [0.05, 0.1) is 18.3 Å². The molecule has 0 saturated carbocycles. The van der Waals surface area contributed by atoms with Gasteiger partial charge in [-0.3, -0.25) is 0 Å². The highest BCUT2D eigenvalue weighted by atomic mass is 16.7. The van der Waals surface area contributed by atoms with Crippen LogP contribution in [0.1, 0.15) is 45.7 Å². The van der Waals surface area contributed by atoms with Gasteiger partial charge in [-0.05, 0) is 58.4 Å². The molecule has 2 heterocycles. The monoisotopic (exact) mass is 381 g/mol. The van der Waals surface area contributed by atoms with Crippen molar-refractivity contribution < 1.29 is 14.0 Å². The molecule has 0 spiro atoms. The van der Waals surface area contributed by atoms with E-state index in [1.54, 1.807) is 20.2 Å². The van der Waals surface area contributed by atoms with Crippen LogP contribution in [0.15, 0.2) is 36.5 Å². The smallest absolute Gasteiger partial charge is 0.496 e. The number of rotatable bonds is 6. The first-order valence-corrected chi connectivity index (χ1v) is 9.41. The summed E-state index contributed by atoms with van der Waals surface area (Å²) >= 11 is 0. The van der Waals surface area contributed by atoms with Crippen LogP contribution in [0.25, 0.3) is 0 Å². The van der Waals surface area contributed by atoms with Crippen LogP contribution in [0, 0.1) is 5.41 Å². The summed E-state index contributed by atoms with van der Waals surface area (Å²) in [6, 6.07) is 9.78. The Morgan fingerprint density at radius 2 is 1.75 bits per heavy atom. The Bertz CT molecular complexity index is 850. The second-order valence-corrected chi connectivity index (χ2v) is 8.08. The van der Waals surface area contributed by atoms with E-state index >= 15 is 0 Å². The molecule has 1 aliphatic heterocycles. The first-order valence-electron chi connectivity index (χ1n) is 9.41. The second kappa shape index (κ2) is 7.56. The topological polar surface area (TPSA) is 76.5 Å². The predicted octanol–water partition coefficient (Wildman–Crippen LogP) is 3.39. The Hall–Kier alpha value is -2.38. The quantitative estimate of drug-likeness (QED) is 0.593. The van der Waals surface area contributed by atoms with Gasteiger partial charge in [0.15, 0.2) is 0 Å². The number of benzene rings is 1. The molecule has 0 bridgehead atoms. The lowest BCUT2D eigenvalue weighted by Crippen LogP contribution is -2.41. The summed E-state index contributed by atoms with van der Waals surface area (Å²) in [5.74, 6) is 1.49. The van der Waals surface area contributed by atoms with Gasteiger partial charge in [0.25, 0.3) is 0 Å². The first-order chi connectivity index (χ1) is 13.1. The SMILES string of the molecule is COc1ccc(CNc2ncc(B3OC(C)(C)C(C)(C)O3)cc2C(C)=N)cc1. The molecule has 0 aliphatic carbocycles. The summed E-state index contributed by atoms with van der Waals surface area (Å²) in [6.45, 7) is 10.4. The zero-order chi connectivity index (χ0) is 20.5. The van der Waals surface area contributed by atoms with Crippen molar-refractivity contribution in [2.75, 3.05) is 12.4 Å². The van der Waals surface area contributed by atoms with E-state index in [2.05, 4.69) is 10.3 Å². The molecular weight excluding hydrogens is 353 g/mol. The van der Waals surface area contributed by atoms with E-state index in [9.17, 15) is 0 Å². The molecule has 0 radical (unpaired) electrons. The Balaban J connectivity index is 1.79. The maximum absolute atomic E-state index is 8.16. The molecule has 2 aromatic rings. The molecule has 0 unspecified atom stereocenters. The third-order valence-electron chi connectivity index (χ3n) is 5.46. The number of nitrogens with zero attached hydrogens (tertiary/aromatic N) is 1. The summed E-state index contributed by atoms with van der Waals surface area (Å²) in [4.78, 5) is 4.55. The van der Waals surface area contributed by atoms with E-state index < -0.39 is 18.3 Å². The summed E-state index contributed by atoms with van der Waals surface area (Å²) in [7, 11) is 1.16. The molecule has 2 N–H and O–H groups in total. The molecule has 3 rings (SSSR count). The minimum Gasteiger partial charge on any atom is -0.497 e. The van der Waals surface area contributed by atoms with Crippen molar-refractivity contribution in [3.05, 3.63) is 47.7 Å².